The van der Waals surface area contributed by atoms with E-state index < -0.39 is 23.8 Å². The third-order valence-electron chi connectivity index (χ3n) is 5.58. The van der Waals surface area contributed by atoms with Crippen LogP contribution in [0.3, 0.4) is 0 Å². The standard InChI is InChI=1S/C25H36N2O5/c1-4-10-20(24(29)27-31)21(15-17(2)3)23(28)26-22(16-18-11-6-5-7-12-18)25(30)32-19-13-8-9-14-19/h5-7,11-12,17,19,22,31H,4,8-10,13-16H2,1-3H3,(H,26,28)(H,27,29)/t22-/m0/s1. The fourth-order valence-corrected chi connectivity index (χ4v) is 4.02. The van der Waals surface area contributed by atoms with Crippen LogP contribution in [0, 0.1) is 5.92 Å². The number of nitrogens with one attached hydrogen (secondary N) is 2. The maximum atomic E-state index is 13.3. The molecule has 1 aromatic carbocycles. The summed E-state index contributed by atoms with van der Waals surface area (Å²) in [6.45, 7) is 5.79. The average molecular weight is 445 g/mol. The zero-order valence-electron chi connectivity index (χ0n) is 19.4. The largest absolute Gasteiger partial charge is 0.461 e. The Labute approximate surface area is 190 Å². The molecular weight excluding hydrogens is 408 g/mol. The lowest BCUT2D eigenvalue weighted by atomic mass is 9.93. The van der Waals surface area contributed by atoms with Crippen molar-refractivity contribution in [2.45, 2.75) is 84.3 Å². The van der Waals surface area contributed by atoms with Crippen LogP contribution in [0.2, 0.25) is 0 Å². The van der Waals surface area contributed by atoms with Crippen LogP contribution in [0.5, 0.6) is 0 Å². The number of hydroxylamine groups is 1. The second kappa shape index (κ2) is 13.0. The highest BCUT2D eigenvalue weighted by Crippen LogP contribution is 2.23. The summed E-state index contributed by atoms with van der Waals surface area (Å²) in [5, 5.41) is 12.0. The Morgan fingerprint density at radius 3 is 2.28 bits per heavy atom. The Hall–Kier alpha value is -2.67. The Morgan fingerprint density at radius 1 is 1.06 bits per heavy atom. The minimum Gasteiger partial charge on any atom is -0.461 e. The van der Waals surface area contributed by atoms with E-state index in [1.165, 1.54) is 0 Å². The van der Waals surface area contributed by atoms with E-state index in [0.717, 1.165) is 31.2 Å². The molecule has 176 valence electrons. The lowest BCUT2D eigenvalue weighted by molar-refractivity contribution is -0.152. The van der Waals surface area contributed by atoms with Gasteiger partial charge in [-0.1, -0.05) is 57.5 Å². The van der Waals surface area contributed by atoms with Crippen molar-refractivity contribution in [2.75, 3.05) is 0 Å². The van der Waals surface area contributed by atoms with Crippen LogP contribution in [0.15, 0.2) is 41.5 Å². The van der Waals surface area contributed by atoms with Crippen LogP contribution in [0.4, 0.5) is 0 Å². The molecule has 7 heteroatoms. The molecule has 7 nitrogen and oxygen atoms in total. The summed E-state index contributed by atoms with van der Waals surface area (Å²) in [4.78, 5) is 38.6. The molecule has 0 unspecified atom stereocenters. The molecular formula is C25H36N2O5. The minimum atomic E-state index is -0.868. The highest BCUT2D eigenvalue weighted by atomic mass is 16.5. The molecule has 1 saturated carbocycles. The summed E-state index contributed by atoms with van der Waals surface area (Å²) in [6.07, 6.45) is 5.26. The number of rotatable bonds is 11. The molecule has 1 fully saturated rings. The van der Waals surface area contributed by atoms with Crippen LogP contribution in [-0.4, -0.2) is 35.1 Å². The number of carbonyl (C=O) groups is 3. The first kappa shape index (κ1) is 25.6. The molecule has 32 heavy (non-hydrogen) atoms. The van der Waals surface area contributed by atoms with Crippen LogP contribution in [-0.2, 0) is 25.5 Å². The van der Waals surface area contributed by atoms with E-state index in [0.29, 0.717) is 31.3 Å². The quantitative estimate of drug-likeness (QED) is 0.208. The summed E-state index contributed by atoms with van der Waals surface area (Å²) >= 11 is 0. The Balaban J connectivity index is 2.30. The average Bonchev–Trinajstić information content (AvgIpc) is 3.28. The van der Waals surface area contributed by atoms with Crippen molar-refractivity contribution in [1.82, 2.24) is 10.8 Å². The molecule has 2 amide bonds. The first-order valence-electron chi connectivity index (χ1n) is 11.6. The number of hydrogen-bond donors (Lipinski definition) is 3. The summed E-state index contributed by atoms with van der Waals surface area (Å²) in [5.74, 6) is -1.52. The van der Waals surface area contributed by atoms with Gasteiger partial charge in [-0.15, -0.1) is 0 Å². The van der Waals surface area contributed by atoms with E-state index in [4.69, 9.17) is 4.74 Å². The van der Waals surface area contributed by atoms with Gasteiger partial charge in [0.2, 0.25) is 5.91 Å². The van der Waals surface area contributed by atoms with Crippen molar-refractivity contribution in [3.05, 3.63) is 47.0 Å². The van der Waals surface area contributed by atoms with E-state index in [2.05, 4.69) is 5.32 Å². The van der Waals surface area contributed by atoms with E-state index in [1.807, 2.05) is 51.1 Å². The lowest BCUT2D eigenvalue weighted by Crippen LogP contribution is -2.45. The maximum Gasteiger partial charge on any atom is 0.329 e. The molecule has 1 atom stereocenters. The van der Waals surface area contributed by atoms with E-state index in [-0.39, 0.29) is 17.6 Å². The molecule has 0 bridgehead atoms. The molecule has 1 aliphatic rings. The second-order valence-electron chi connectivity index (χ2n) is 8.81. The van der Waals surface area contributed by atoms with Gasteiger partial charge < -0.3 is 10.1 Å². The third-order valence-corrected chi connectivity index (χ3v) is 5.58. The number of amides is 2. The summed E-state index contributed by atoms with van der Waals surface area (Å²) < 4.78 is 5.70. The van der Waals surface area contributed by atoms with Crippen LogP contribution >= 0.6 is 0 Å². The fourth-order valence-electron chi connectivity index (χ4n) is 4.02. The molecule has 0 radical (unpaired) electrons. The van der Waals surface area contributed by atoms with Crippen molar-refractivity contribution in [1.29, 1.82) is 0 Å². The van der Waals surface area contributed by atoms with Crippen molar-refractivity contribution in [3.8, 4) is 0 Å². The van der Waals surface area contributed by atoms with Gasteiger partial charge in [0.15, 0.2) is 0 Å². The normalized spacial score (nSPS) is 15.8. The molecule has 2 rings (SSSR count). The van der Waals surface area contributed by atoms with Crippen molar-refractivity contribution in [3.63, 3.8) is 0 Å². The summed E-state index contributed by atoms with van der Waals surface area (Å²) in [7, 11) is 0. The van der Waals surface area contributed by atoms with E-state index in [1.54, 1.807) is 5.48 Å². The van der Waals surface area contributed by atoms with Crippen LogP contribution in [0.25, 0.3) is 0 Å². The number of benzene rings is 1. The zero-order valence-corrected chi connectivity index (χ0v) is 19.4. The van der Waals surface area contributed by atoms with Gasteiger partial charge in [-0.25, -0.2) is 10.3 Å². The maximum absolute atomic E-state index is 13.3. The molecule has 0 spiro atoms. The topological polar surface area (TPSA) is 105 Å². The molecule has 3 N–H and O–H groups in total. The van der Waals surface area contributed by atoms with Gasteiger partial charge in [0.05, 0.1) is 0 Å². The van der Waals surface area contributed by atoms with Gasteiger partial charge in [-0.3, -0.25) is 14.8 Å². The Morgan fingerprint density at radius 2 is 1.72 bits per heavy atom. The minimum absolute atomic E-state index is 0.104. The molecule has 0 aliphatic heterocycles. The van der Waals surface area contributed by atoms with Crippen molar-refractivity contribution >= 4 is 17.8 Å². The number of ether oxygens (including phenoxy) is 1. The predicted octanol–water partition coefficient (Wildman–Crippen LogP) is 3.85. The third kappa shape index (κ3) is 7.79. The Bertz CT molecular complexity index is 798. The van der Waals surface area contributed by atoms with Gasteiger partial charge >= 0.3 is 5.97 Å². The molecule has 1 aromatic rings. The molecule has 1 aliphatic carbocycles. The van der Waals surface area contributed by atoms with Gasteiger partial charge in [-0.05, 0) is 50.0 Å². The van der Waals surface area contributed by atoms with Crippen LogP contribution < -0.4 is 10.8 Å². The molecule has 0 heterocycles. The van der Waals surface area contributed by atoms with Crippen molar-refractivity contribution < 1.29 is 24.3 Å². The predicted molar refractivity (Wildman–Crippen MR) is 122 cm³/mol. The number of esters is 1. The summed E-state index contributed by atoms with van der Waals surface area (Å²) in [6, 6.07) is 8.58. The van der Waals surface area contributed by atoms with Crippen LogP contribution in [0.1, 0.15) is 71.3 Å². The van der Waals surface area contributed by atoms with Crippen molar-refractivity contribution in [2.24, 2.45) is 5.92 Å². The first-order chi connectivity index (χ1) is 15.3. The molecule has 0 saturated heterocycles. The van der Waals surface area contributed by atoms with E-state index in [9.17, 15) is 19.6 Å². The monoisotopic (exact) mass is 444 g/mol. The van der Waals surface area contributed by atoms with Gasteiger partial charge in [0.25, 0.3) is 5.91 Å². The Kier molecular flexibility index (Phi) is 10.4. The van der Waals surface area contributed by atoms with Gasteiger partial charge in [0.1, 0.15) is 12.1 Å². The molecule has 0 aromatic heterocycles. The first-order valence-corrected chi connectivity index (χ1v) is 11.6. The van der Waals surface area contributed by atoms with Gasteiger partial charge in [-0.2, -0.15) is 0 Å². The van der Waals surface area contributed by atoms with Gasteiger partial charge in [0, 0.05) is 17.6 Å². The highest BCUT2D eigenvalue weighted by molar-refractivity contribution is 6.05. The lowest BCUT2D eigenvalue weighted by Gasteiger charge is -2.22. The summed E-state index contributed by atoms with van der Waals surface area (Å²) in [5.41, 5.74) is 3.09. The second-order valence-corrected chi connectivity index (χ2v) is 8.81. The number of hydrogen-bond acceptors (Lipinski definition) is 5. The number of carbonyl (C=O) groups excluding carboxylic acids is 3. The smallest absolute Gasteiger partial charge is 0.329 e. The fraction of sp³-hybridized carbons (Fsp3) is 0.560. The highest BCUT2D eigenvalue weighted by Gasteiger charge is 2.29. The zero-order chi connectivity index (χ0) is 23.5. The van der Waals surface area contributed by atoms with E-state index >= 15 is 0 Å². The SMILES string of the molecule is CCCC(C(=O)NO)=C(CC(C)C)C(=O)N[C@@H](Cc1ccccc1)C(=O)OC1CCCC1.